The van der Waals surface area contributed by atoms with Crippen molar-refractivity contribution in [2.45, 2.75) is 273 Å². The Bertz CT molecular complexity index is 2650. The van der Waals surface area contributed by atoms with E-state index in [1.165, 1.54) is 0 Å². The highest BCUT2D eigenvalue weighted by Gasteiger charge is 2.35. The van der Waals surface area contributed by atoms with Gasteiger partial charge < -0.3 is 39.4 Å². The van der Waals surface area contributed by atoms with Crippen LogP contribution in [0.25, 0.3) is 0 Å². The Kier molecular flexibility index (Phi) is 22.0. The lowest BCUT2D eigenvalue weighted by Crippen LogP contribution is -2.42. The summed E-state index contributed by atoms with van der Waals surface area (Å²) in [5.41, 5.74) is 5.94. The molecule has 0 fully saturated rings. The highest BCUT2D eigenvalue weighted by molar-refractivity contribution is 5.73. The lowest BCUT2D eigenvalue weighted by atomic mass is 9.78. The molecule has 0 saturated carbocycles. The number of phenolic OH excluding ortho intramolecular Hbond substituents is 4. The Labute approximate surface area is 504 Å². The lowest BCUT2D eigenvalue weighted by molar-refractivity contribution is -0.182. The summed E-state index contributed by atoms with van der Waals surface area (Å²) in [5, 5.41) is 45.7. The van der Waals surface area contributed by atoms with Crippen molar-refractivity contribution < 1.29 is 58.6 Å². The van der Waals surface area contributed by atoms with Gasteiger partial charge in [0.05, 0.1) is 0 Å². The van der Waals surface area contributed by atoms with E-state index in [1.807, 2.05) is 215 Å². The molecule has 12 heteroatoms. The highest BCUT2D eigenvalue weighted by Crippen LogP contribution is 2.44. The van der Waals surface area contributed by atoms with E-state index in [0.717, 1.165) is 66.8 Å². The zero-order valence-corrected chi connectivity index (χ0v) is 55.9. The molecule has 0 aliphatic heterocycles. The van der Waals surface area contributed by atoms with Crippen LogP contribution in [0.15, 0.2) is 48.5 Å². The molecule has 0 saturated heterocycles. The van der Waals surface area contributed by atoms with Gasteiger partial charge in [-0.2, -0.15) is 0 Å². The molecule has 4 N–H and O–H groups in total. The van der Waals surface area contributed by atoms with Crippen LogP contribution in [0, 0.1) is 0 Å². The van der Waals surface area contributed by atoms with Crippen LogP contribution in [0.1, 0.15) is 259 Å². The predicted octanol–water partition coefficient (Wildman–Crippen LogP) is 15.6. The standard InChI is InChI=1S/C72H106O12/c1-65(2,3)47-33-43(34-48(61(47)77)66(4,5)6)25-29-57(73)81-41-55(83-59(75)31-27-45-37-51(69(13,14)15)63(79)52(38-45)70(16,17)18)56(84-60(76)32-28-46-39-53(71(19,20)21)64(80)54(40-46)72(22,23)24)42-82-58(74)30-26-44-35-49(67(7,8)9)62(78)50(36-44)68(10,11)12/h33-40,55-56,77-80H,25-32,41-42H2,1-24H3/t55-,56+. The van der Waals surface area contributed by atoms with Crippen LogP contribution in [-0.4, -0.2) is 69.7 Å². The van der Waals surface area contributed by atoms with Crippen LogP contribution in [0.5, 0.6) is 23.0 Å². The Morgan fingerprint density at radius 3 is 0.607 bits per heavy atom. The Morgan fingerprint density at radius 2 is 0.452 bits per heavy atom. The molecule has 0 bridgehead atoms. The first kappa shape index (κ1) is 70.4. The fraction of sp³-hybridized carbons (Fsp3) is 0.611. The molecule has 2 atom stereocenters. The SMILES string of the molecule is CC(C)(C)c1cc(CCC(=O)OC[C@H](OC(=O)CCc2cc(C(C)(C)C)c(O)c(C(C)(C)C)c2)[C@@H](COC(=O)CCc2cc(C(C)(C)C)c(O)c(C(C)(C)C)c2)OC(=O)CCc2cc(C(C)(C)C)c(O)c(C(C)(C)C)c2)cc(C(C)(C)C)c1O. The first-order chi connectivity index (χ1) is 38.0. The van der Waals surface area contributed by atoms with Crippen molar-refractivity contribution in [2.24, 2.45) is 0 Å². The van der Waals surface area contributed by atoms with Gasteiger partial charge in [-0.3, -0.25) is 19.2 Å². The number of ether oxygens (including phenoxy) is 4. The molecule has 0 unspecified atom stereocenters. The molecule has 466 valence electrons. The number of hydrogen-bond donors (Lipinski definition) is 4. The normalized spacial score (nSPS) is 13.8. The number of phenols is 4. The molecule has 0 heterocycles. The molecule has 0 aliphatic carbocycles. The summed E-state index contributed by atoms with van der Waals surface area (Å²) in [6, 6.07) is 15.3. The number of benzene rings is 4. The van der Waals surface area contributed by atoms with Gasteiger partial charge in [-0.1, -0.05) is 215 Å². The third-order valence-electron chi connectivity index (χ3n) is 15.4. The van der Waals surface area contributed by atoms with Gasteiger partial charge in [-0.15, -0.1) is 0 Å². The third kappa shape index (κ3) is 19.5. The number of aromatic hydroxyl groups is 4. The Morgan fingerprint density at radius 1 is 0.298 bits per heavy atom. The van der Waals surface area contributed by atoms with Gasteiger partial charge >= 0.3 is 23.9 Å². The van der Waals surface area contributed by atoms with Crippen molar-refractivity contribution in [3.8, 4) is 23.0 Å². The highest BCUT2D eigenvalue weighted by atomic mass is 16.6. The summed E-state index contributed by atoms with van der Waals surface area (Å²) in [5.74, 6) is -1.76. The third-order valence-corrected chi connectivity index (χ3v) is 15.4. The zero-order chi connectivity index (χ0) is 64.3. The zero-order valence-electron chi connectivity index (χ0n) is 55.9. The van der Waals surface area contributed by atoms with E-state index >= 15 is 0 Å². The second-order valence-electron chi connectivity index (χ2n) is 31.6. The van der Waals surface area contributed by atoms with Crippen LogP contribution in [-0.2, 0) is 107 Å². The fourth-order valence-corrected chi connectivity index (χ4v) is 10.3. The molecule has 0 aliphatic rings. The average Bonchev–Trinajstić information content (AvgIpc) is 1.66. The first-order valence-electron chi connectivity index (χ1n) is 30.2. The van der Waals surface area contributed by atoms with Crippen LogP contribution in [0.4, 0.5) is 0 Å². The van der Waals surface area contributed by atoms with Crippen molar-refractivity contribution in [3.05, 3.63) is 115 Å². The van der Waals surface area contributed by atoms with Gasteiger partial charge in [-0.25, -0.2) is 0 Å². The molecule has 4 rings (SSSR count). The van der Waals surface area contributed by atoms with Gasteiger partial charge in [0.1, 0.15) is 36.2 Å². The molecule has 0 amide bonds. The molecule has 12 nitrogen and oxygen atoms in total. The monoisotopic (exact) mass is 1160 g/mol. The maximum absolute atomic E-state index is 14.3. The number of aryl methyl sites for hydroxylation is 4. The van der Waals surface area contributed by atoms with E-state index in [-0.39, 0.29) is 74.4 Å². The minimum absolute atomic E-state index is 0.0734. The number of esters is 4. The minimum Gasteiger partial charge on any atom is -0.507 e. The summed E-state index contributed by atoms with van der Waals surface area (Å²) in [4.78, 5) is 56.5. The molecular weight excluding hydrogens is 1060 g/mol. The second-order valence-corrected chi connectivity index (χ2v) is 31.6. The molecule has 84 heavy (non-hydrogen) atoms. The van der Waals surface area contributed by atoms with Gasteiger partial charge in [0, 0.05) is 25.7 Å². The van der Waals surface area contributed by atoms with Crippen LogP contribution in [0.2, 0.25) is 0 Å². The van der Waals surface area contributed by atoms with Crippen molar-refractivity contribution in [1.29, 1.82) is 0 Å². The second kappa shape index (κ2) is 26.3. The van der Waals surface area contributed by atoms with Crippen molar-refractivity contribution in [1.82, 2.24) is 0 Å². The Balaban J connectivity index is 1.77. The maximum atomic E-state index is 14.3. The molecule has 4 aromatic rings. The van der Waals surface area contributed by atoms with Crippen LogP contribution < -0.4 is 0 Å². The van der Waals surface area contributed by atoms with Crippen molar-refractivity contribution >= 4 is 23.9 Å². The van der Waals surface area contributed by atoms with Gasteiger partial charge in [0.15, 0.2) is 12.2 Å². The van der Waals surface area contributed by atoms with E-state index in [4.69, 9.17) is 18.9 Å². The van der Waals surface area contributed by atoms with Gasteiger partial charge in [0.2, 0.25) is 0 Å². The van der Waals surface area contributed by atoms with Crippen molar-refractivity contribution in [2.75, 3.05) is 13.2 Å². The molecule has 4 aromatic carbocycles. The largest absolute Gasteiger partial charge is 0.507 e. The minimum atomic E-state index is -1.43. The Hall–Kier alpha value is -6.04. The fourth-order valence-electron chi connectivity index (χ4n) is 10.3. The first-order valence-corrected chi connectivity index (χ1v) is 30.2. The summed E-state index contributed by atoms with van der Waals surface area (Å²) < 4.78 is 24.3. The topological polar surface area (TPSA) is 186 Å². The number of carbonyl (C=O) groups excluding carboxylic acids is 4. The van der Waals surface area contributed by atoms with E-state index in [1.54, 1.807) is 0 Å². The van der Waals surface area contributed by atoms with E-state index < -0.39 is 92.6 Å². The van der Waals surface area contributed by atoms with E-state index in [0.29, 0.717) is 0 Å². The smallest absolute Gasteiger partial charge is 0.306 e. The lowest BCUT2D eigenvalue weighted by Gasteiger charge is -2.29. The van der Waals surface area contributed by atoms with E-state index in [9.17, 15) is 39.6 Å². The summed E-state index contributed by atoms with van der Waals surface area (Å²) in [7, 11) is 0. The van der Waals surface area contributed by atoms with Crippen LogP contribution >= 0.6 is 0 Å². The predicted molar refractivity (Wildman–Crippen MR) is 337 cm³/mol. The molecule has 0 aromatic heterocycles. The average molecular weight is 1160 g/mol. The van der Waals surface area contributed by atoms with Gasteiger partial charge in [-0.05, 0) is 136 Å². The summed E-state index contributed by atoms with van der Waals surface area (Å²) in [6.45, 7) is 47.3. The summed E-state index contributed by atoms with van der Waals surface area (Å²) >= 11 is 0. The van der Waals surface area contributed by atoms with Crippen LogP contribution in [0.3, 0.4) is 0 Å². The quantitative estimate of drug-likeness (QED) is 0.0515. The van der Waals surface area contributed by atoms with Crippen molar-refractivity contribution in [3.63, 3.8) is 0 Å². The van der Waals surface area contributed by atoms with E-state index in [2.05, 4.69) is 0 Å². The number of carbonyl (C=O) groups is 4. The summed E-state index contributed by atoms with van der Waals surface area (Å²) in [6.07, 6.45) is -2.30. The molecular formula is C72H106O12. The molecule has 0 radical (unpaired) electrons. The maximum Gasteiger partial charge on any atom is 0.306 e. The van der Waals surface area contributed by atoms with Gasteiger partial charge in [0.25, 0.3) is 0 Å². The number of rotatable bonds is 19. The molecule has 0 spiro atoms. The number of hydrogen-bond acceptors (Lipinski definition) is 12.